The molecule has 0 spiro atoms. The van der Waals surface area contributed by atoms with Gasteiger partial charge in [0.2, 0.25) is 0 Å². The molecule has 1 aromatic rings. The Bertz CT molecular complexity index is 425. The number of rotatable bonds is 3. The van der Waals surface area contributed by atoms with Gasteiger partial charge >= 0.3 is 0 Å². The van der Waals surface area contributed by atoms with Crippen LogP contribution in [0, 0.1) is 0 Å². The molecule has 6 heteroatoms. The molecule has 0 saturated carbocycles. The molecule has 1 aromatic heterocycles. The van der Waals surface area contributed by atoms with E-state index in [1.165, 1.54) is 0 Å². The molecule has 0 N–H and O–H groups in total. The van der Waals surface area contributed by atoms with Crippen LogP contribution in [-0.2, 0) is 17.7 Å². The lowest BCUT2D eigenvalue weighted by molar-refractivity contribution is -0.103. The van der Waals surface area contributed by atoms with E-state index in [4.69, 9.17) is 4.74 Å². The lowest BCUT2D eigenvalue weighted by Crippen LogP contribution is -2.58. The summed E-state index contributed by atoms with van der Waals surface area (Å²) in [6.45, 7) is 7.17. The van der Waals surface area contributed by atoms with Crippen LogP contribution in [0.3, 0.4) is 0 Å². The minimum absolute atomic E-state index is 0.406. The molecule has 0 amide bonds. The van der Waals surface area contributed by atoms with Gasteiger partial charge in [0.05, 0.1) is 19.3 Å². The highest BCUT2D eigenvalue weighted by Crippen LogP contribution is 2.24. The number of aromatic nitrogens is 2. The summed E-state index contributed by atoms with van der Waals surface area (Å²) in [5.41, 5.74) is 0. The van der Waals surface area contributed by atoms with E-state index in [1.807, 2.05) is 0 Å². The number of likely N-dealkylation sites (N-methyl/N-ethyl adjacent to an activating group) is 1. The third kappa shape index (κ3) is 2.97. The van der Waals surface area contributed by atoms with E-state index < -0.39 is 0 Å². The number of hydrogen-bond donors (Lipinski definition) is 0. The molecule has 3 rings (SSSR count). The van der Waals surface area contributed by atoms with Crippen LogP contribution in [0.5, 0.6) is 0 Å². The van der Waals surface area contributed by atoms with Gasteiger partial charge in [0, 0.05) is 25.7 Å². The van der Waals surface area contributed by atoms with Gasteiger partial charge in [-0.25, -0.2) is 0 Å². The Morgan fingerprint density at radius 3 is 2.95 bits per heavy atom. The van der Waals surface area contributed by atoms with Crippen LogP contribution >= 0.6 is 11.3 Å². The van der Waals surface area contributed by atoms with E-state index in [-0.39, 0.29) is 0 Å². The van der Waals surface area contributed by atoms with E-state index in [0.29, 0.717) is 12.1 Å². The van der Waals surface area contributed by atoms with Crippen LogP contribution in [0.25, 0.3) is 0 Å². The highest BCUT2D eigenvalue weighted by Gasteiger charge is 2.36. The topological polar surface area (TPSA) is 41.5 Å². The van der Waals surface area contributed by atoms with E-state index in [1.54, 1.807) is 11.3 Å². The number of nitrogens with zero attached hydrogens (tertiary/aromatic N) is 4. The molecule has 0 aromatic carbocycles. The molecular weight excluding hydrogens is 260 g/mol. The normalized spacial score (nSPS) is 29.4. The summed E-state index contributed by atoms with van der Waals surface area (Å²) in [5.74, 6) is 0. The highest BCUT2D eigenvalue weighted by molar-refractivity contribution is 7.11. The Morgan fingerprint density at radius 2 is 2.16 bits per heavy atom. The predicted octanol–water partition coefficient (Wildman–Crippen LogP) is 1.01. The summed E-state index contributed by atoms with van der Waals surface area (Å²) in [6.07, 6.45) is 2.53. The quantitative estimate of drug-likeness (QED) is 0.827. The van der Waals surface area contributed by atoms with Crippen molar-refractivity contribution >= 4 is 11.3 Å². The minimum Gasteiger partial charge on any atom is -0.375 e. The average molecular weight is 282 g/mol. The van der Waals surface area contributed by atoms with E-state index in [9.17, 15) is 0 Å². The lowest BCUT2D eigenvalue weighted by atomic mass is 9.99. The van der Waals surface area contributed by atoms with Gasteiger partial charge in [0.25, 0.3) is 0 Å². The fraction of sp³-hybridized carbons (Fsp3) is 0.846. The van der Waals surface area contributed by atoms with Crippen molar-refractivity contribution in [2.45, 2.75) is 38.5 Å². The van der Waals surface area contributed by atoms with Crippen molar-refractivity contribution in [1.29, 1.82) is 0 Å². The van der Waals surface area contributed by atoms with Crippen molar-refractivity contribution < 1.29 is 4.74 Å². The summed E-state index contributed by atoms with van der Waals surface area (Å²) < 4.78 is 5.92. The Morgan fingerprint density at radius 1 is 1.32 bits per heavy atom. The number of aryl methyl sites for hydroxylation is 1. The molecule has 106 valence electrons. The molecule has 0 bridgehead atoms. The summed E-state index contributed by atoms with van der Waals surface area (Å²) in [4.78, 5) is 4.93. The Kier molecular flexibility index (Phi) is 4.12. The van der Waals surface area contributed by atoms with Gasteiger partial charge in [-0.15, -0.1) is 21.5 Å². The van der Waals surface area contributed by atoms with E-state index >= 15 is 0 Å². The van der Waals surface area contributed by atoms with Gasteiger partial charge in [0.1, 0.15) is 10.0 Å². The fourth-order valence-corrected chi connectivity index (χ4v) is 3.78. The first-order chi connectivity index (χ1) is 9.26. The molecule has 2 aliphatic heterocycles. The van der Waals surface area contributed by atoms with Crippen molar-refractivity contribution in [2.24, 2.45) is 0 Å². The molecule has 5 nitrogen and oxygen atoms in total. The number of morpholine rings is 1. The first kappa shape index (κ1) is 13.4. The van der Waals surface area contributed by atoms with Crippen LogP contribution < -0.4 is 0 Å². The lowest BCUT2D eigenvalue weighted by Gasteiger charge is -2.46. The molecule has 0 unspecified atom stereocenters. The van der Waals surface area contributed by atoms with Gasteiger partial charge in [-0.05, 0) is 19.9 Å². The number of hydrogen-bond acceptors (Lipinski definition) is 6. The number of likely N-dealkylation sites (tertiary alicyclic amines) is 1. The van der Waals surface area contributed by atoms with Crippen molar-refractivity contribution in [2.75, 3.05) is 33.3 Å². The van der Waals surface area contributed by atoms with Crippen LogP contribution in [0.15, 0.2) is 0 Å². The van der Waals surface area contributed by atoms with Crippen molar-refractivity contribution in [3.63, 3.8) is 0 Å². The molecule has 2 fully saturated rings. The zero-order chi connectivity index (χ0) is 13.2. The largest absolute Gasteiger partial charge is 0.375 e. The van der Waals surface area contributed by atoms with Gasteiger partial charge in [-0.3, -0.25) is 4.90 Å². The van der Waals surface area contributed by atoms with E-state index in [2.05, 4.69) is 34.0 Å². The van der Waals surface area contributed by atoms with E-state index in [0.717, 1.165) is 55.6 Å². The maximum Gasteiger partial charge on any atom is 0.131 e. The molecule has 0 radical (unpaired) electrons. The van der Waals surface area contributed by atoms with Crippen LogP contribution in [-0.4, -0.2) is 65.4 Å². The third-order valence-corrected chi connectivity index (χ3v) is 5.10. The number of fused-ring (bicyclic) bond motifs is 1. The molecular formula is C13H22N4OS. The second-order valence-corrected chi connectivity index (χ2v) is 6.59. The van der Waals surface area contributed by atoms with Gasteiger partial charge in [-0.2, -0.15) is 0 Å². The van der Waals surface area contributed by atoms with Crippen molar-refractivity contribution in [1.82, 2.24) is 20.0 Å². The summed E-state index contributed by atoms with van der Waals surface area (Å²) in [6, 6.07) is 0.515. The van der Waals surface area contributed by atoms with Gasteiger partial charge < -0.3 is 9.64 Å². The monoisotopic (exact) mass is 282 g/mol. The highest BCUT2D eigenvalue weighted by atomic mass is 32.1. The Labute approximate surface area is 118 Å². The SMILES string of the molecule is CCc1nnc(CN2CCO[C@H]3CCN(C)C[C@@H]32)s1. The zero-order valence-electron chi connectivity index (χ0n) is 11.7. The summed E-state index contributed by atoms with van der Waals surface area (Å²) in [5, 5.41) is 10.8. The van der Waals surface area contributed by atoms with Crippen molar-refractivity contribution in [3.05, 3.63) is 10.0 Å². The molecule has 2 aliphatic rings. The van der Waals surface area contributed by atoms with Crippen LogP contribution in [0.4, 0.5) is 0 Å². The maximum absolute atomic E-state index is 5.92. The van der Waals surface area contributed by atoms with Gasteiger partial charge in [0.15, 0.2) is 0 Å². The van der Waals surface area contributed by atoms with Crippen LogP contribution in [0.1, 0.15) is 23.4 Å². The average Bonchev–Trinajstić information content (AvgIpc) is 2.87. The summed E-state index contributed by atoms with van der Waals surface area (Å²) >= 11 is 1.75. The smallest absolute Gasteiger partial charge is 0.131 e. The third-order valence-electron chi connectivity index (χ3n) is 4.05. The minimum atomic E-state index is 0.406. The first-order valence-electron chi connectivity index (χ1n) is 7.11. The molecule has 19 heavy (non-hydrogen) atoms. The predicted molar refractivity (Wildman–Crippen MR) is 75.3 cm³/mol. The van der Waals surface area contributed by atoms with Crippen molar-refractivity contribution in [3.8, 4) is 0 Å². The maximum atomic E-state index is 5.92. The molecule has 0 aliphatic carbocycles. The first-order valence-corrected chi connectivity index (χ1v) is 7.93. The Hall–Kier alpha value is -0.560. The number of piperidine rings is 1. The van der Waals surface area contributed by atoms with Gasteiger partial charge in [-0.1, -0.05) is 6.92 Å². The molecule has 3 heterocycles. The standard InChI is InChI=1S/C13H22N4OS/c1-3-12-14-15-13(19-12)9-17-6-7-18-11-4-5-16(2)8-10(11)17/h10-11H,3-9H2,1-2H3/t10-,11-/m0/s1. The zero-order valence-corrected chi connectivity index (χ0v) is 12.5. The molecule has 2 saturated heterocycles. The number of ether oxygens (including phenoxy) is 1. The fourth-order valence-electron chi connectivity index (χ4n) is 2.97. The van der Waals surface area contributed by atoms with Crippen LogP contribution in [0.2, 0.25) is 0 Å². The Balaban J connectivity index is 1.68. The summed E-state index contributed by atoms with van der Waals surface area (Å²) in [7, 11) is 2.20. The molecule has 2 atom stereocenters. The second kappa shape index (κ2) is 5.83. The second-order valence-electron chi connectivity index (χ2n) is 5.44.